The molecular formula is C10H8N4O4. The first-order chi connectivity index (χ1) is 8.56. The molecule has 0 aliphatic rings. The van der Waals surface area contributed by atoms with Crippen molar-refractivity contribution in [1.29, 1.82) is 0 Å². The number of hydrogen-bond acceptors (Lipinski definition) is 6. The molecule has 0 atom stereocenters. The molecule has 2 aromatic heterocycles. The van der Waals surface area contributed by atoms with Gasteiger partial charge in [0.1, 0.15) is 5.82 Å². The van der Waals surface area contributed by atoms with Crippen molar-refractivity contribution >= 4 is 17.7 Å². The molecule has 2 rings (SSSR count). The van der Waals surface area contributed by atoms with Gasteiger partial charge in [-0.15, -0.1) is 0 Å². The van der Waals surface area contributed by atoms with Crippen molar-refractivity contribution < 1.29 is 19.2 Å². The molecule has 0 aliphatic heterocycles. The van der Waals surface area contributed by atoms with Gasteiger partial charge in [0.05, 0.1) is 0 Å². The number of carboxylic acids is 1. The highest BCUT2D eigenvalue weighted by atomic mass is 16.5. The van der Waals surface area contributed by atoms with Crippen LogP contribution in [0.4, 0.5) is 5.82 Å². The van der Waals surface area contributed by atoms with Gasteiger partial charge in [-0.1, -0.05) is 11.2 Å². The number of aryl methyl sites for hydroxylation is 1. The van der Waals surface area contributed by atoms with E-state index in [-0.39, 0.29) is 23.2 Å². The van der Waals surface area contributed by atoms with E-state index in [4.69, 9.17) is 5.11 Å². The van der Waals surface area contributed by atoms with E-state index in [1.165, 1.54) is 18.2 Å². The van der Waals surface area contributed by atoms with Gasteiger partial charge in [0.15, 0.2) is 5.69 Å². The molecule has 1 amide bonds. The molecule has 0 aromatic carbocycles. The van der Waals surface area contributed by atoms with Crippen LogP contribution in [0.25, 0.3) is 0 Å². The van der Waals surface area contributed by atoms with E-state index < -0.39 is 11.9 Å². The summed E-state index contributed by atoms with van der Waals surface area (Å²) in [4.78, 5) is 29.8. The van der Waals surface area contributed by atoms with Crippen molar-refractivity contribution in [3.8, 4) is 0 Å². The van der Waals surface area contributed by atoms with Crippen LogP contribution in [0.5, 0.6) is 0 Å². The maximum atomic E-state index is 11.6. The Morgan fingerprint density at radius 1 is 1.33 bits per heavy atom. The molecule has 8 heteroatoms. The van der Waals surface area contributed by atoms with Crippen LogP contribution in [0.1, 0.15) is 27.0 Å². The van der Waals surface area contributed by atoms with E-state index in [0.717, 1.165) is 0 Å². The van der Waals surface area contributed by atoms with Gasteiger partial charge in [-0.25, -0.2) is 9.78 Å². The highest BCUT2D eigenvalue weighted by Gasteiger charge is 2.14. The minimum absolute atomic E-state index is 0.0994. The van der Waals surface area contributed by atoms with E-state index in [2.05, 4.69) is 25.0 Å². The van der Waals surface area contributed by atoms with Gasteiger partial charge in [0.2, 0.25) is 5.89 Å². The quantitative estimate of drug-likeness (QED) is 0.821. The molecule has 2 heterocycles. The Morgan fingerprint density at radius 3 is 2.72 bits per heavy atom. The van der Waals surface area contributed by atoms with Crippen LogP contribution in [0.2, 0.25) is 0 Å². The summed E-state index contributed by atoms with van der Waals surface area (Å²) >= 11 is 0. The average molecular weight is 248 g/mol. The maximum Gasteiger partial charge on any atom is 0.354 e. The monoisotopic (exact) mass is 248 g/mol. The van der Waals surface area contributed by atoms with E-state index >= 15 is 0 Å². The minimum Gasteiger partial charge on any atom is -0.477 e. The third-order valence-corrected chi connectivity index (χ3v) is 1.94. The number of amides is 1. The predicted molar refractivity (Wildman–Crippen MR) is 58.2 cm³/mol. The number of nitrogens with one attached hydrogen (secondary N) is 1. The Kier molecular flexibility index (Phi) is 3.00. The molecule has 0 fully saturated rings. The van der Waals surface area contributed by atoms with Crippen molar-refractivity contribution in [1.82, 2.24) is 15.1 Å². The van der Waals surface area contributed by atoms with Crippen molar-refractivity contribution in [3.05, 3.63) is 35.6 Å². The number of carboxylic acid groups (broad SMARTS) is 1. The fourth-order valence-corrected chi connectivity index (χ4v) is 1.19. The fourth-order valence-electron chi connectivity index (χ4n) is 1.19. The second-order valence-electron chi connectivity index (χ2n) is 3.30. The number of nitrogens with zero attached hydrogens (tertiary/aromatic N) is 3. The SMILES string of the molecule is Cc1nc(C(=O)Nc2cccc(C(=O)O)n2)no1. The van der Waals surface area contributed by atoms with Gasteiger partial charge in [0.25, 0.3) is 11.7 Å². The third-order valence-electron chi connectivity index (χ3n) is 1.94. The summed E-state index contributed by atoms with van der Waals surface area (Å²) in [7, 11) is 0. The Bertz CT molecular complexity index is 607. The first-order valence-electron chi connectivity index (χ1n) is 4.88. The standard InChI is InChI=1S/C10H8N4O4/c1-5-11-8(14-18-5)9(15)13-7-4-2-3-6(12-7)10(16)17/h2-4H,1H3,(H,16,17)(H,12,13,15). The predicted octanol–water partition coefficient (Wildman–Crippen LogP) is 0.724. The first-order valence-corrected chi connectivity index (χ1v) is 4.88. The van der Waals surface area contributed by atoms with Crippen LogP contribution >= 0.6 is 0 Å². The van der Waals surface area contributed by atoms with Crippen molar-refractivity contribution in [2.45, 2.75) is 6.92 Å². The summed E-state index contributed by atoms with van der Waals surface area (Å²) in [5.41, 5.74) is -0.169. The van der Waals surface area contributed by atoms with Crippen molar-refractivity contribution in [2.75, 3.05) is 5.32 Å². The zero-order valence-electron chi connectivity index (χ0n) is 9.25. The Labute approximate surface area is 101 Å². The van der Waals surface area contributed by atoms with Crippen LogP contribution in [0, 0.1) is 6.92 Å². The highest BCUT2D eigenvalue weighted by Crippen LogP contribution is 2.06. The molecule has 2 N–H and O–H groups in total. The zero-order chi connectivity index (χ0) is 13.1. The molecule has 0 bridgehead atoms. The lowest BCUT2D eigenvalue weighted by molar-refractivity contribution is 0.0690. The molecular weight excluding hydrogens is 240 g/mol. The average Bonchev–Trinajstić information content (AvgIpc) is 2.76. The number of aromatic carboxylic acids is 1. The van der Waals surface area contributed by atoms with Gasteiger partial charge in [0, 0.05) is 6.92 Å². The van der Waals surface area contributed by atoms with E-state index in [1.807, 2.05) is 0 Å². The number of pyridine rings is 1. The number of hydrogen-bond donors (Lipinski definition) is 2. The Balaban J connectivity index is 2.16. The lowest BCUT2D eigenvalue weighted by Crippen LogP contribution is -2.15. The Hall–Kier alpha value is -2.77. The molecule has 0 radical (unpaired) electrons. The van der Waals surface area contributed by atoms with E-state index in [9.17, 15) is 9.59 Å². The molecule has 0 saturated carbocycles. The van der Waals surface area contributed by atoms with Gasteiger partial charge >= 0.3 is 5.97 Å². The summed E-state index contributed by atoms with van der Waals surface area (Å²) < 4.78 is 4.65. The molecule has 0 aliphatic carbocycles. The lowest BCUT2D eigenvalue weighted by atomic mass is 10.3. The van der Waals surface area contributed by atoms with E-state index in [1.54, 1.807) is 6.92 Å². The lowest BCUT2D eigenvalue weighted by Gasteiger charge is -2.01. The molecule has 0 saturated heterocycles. The third kappa shape index (κ3) is 2.48. The number of carbonyl (C=O) groups is 2. The van der Waals surface area contributed by atoms with Gasteiger partial charge in [-0.05, 0) is 12.1 Å². The molecule has 8 nitrogen and oxygen atoms in total. The molecule has 0 spiro atoms. The maximum absolute atomic E-state index is 11.6. The van der Waals surface area contributed by atoms with Crippen LogP contribution in [0.15, 0.2) is 22.7 Å². The topological polar surface area (TPSA) is 118 Å². The normalized spacial score (nSPS) is 10.1. The Morgan fingerprint density at radius 2 is 2.11 bits per heavy atom. The summed E-state index contributed by atoms with van der Waals surface area (Å²) in [6, 6.07) is 4.24. The largest absolute Gasteiger partial charge is 0.477 e. The van der Waals surface area contributed by atoms with Crippen LogP contribution in [-0.2, 0) is 0 Å². The van der Waals surface area contributed by atoms with Crippen LogP contribution < -0.4 is 5.32 Å². The van der Waals surface area contributed by atoms with Gasteiger partial charge in [-0.2, -0.15) is 4.98 Å². The molecule has 0 unspecified atom stereocenters. The molecule has 18 heavy (non-hydrogen) atoms. The first kappa shape index (κ1) is 11.7. The highest BCUT2D eigenvalue weighted by molar-refractivity contribution is 6.01. The van der Waals surface area contributed by atoms with E-state index in [0.29, 0.717) is 0 Å². The number of carbonyl (C=O) groups excluding carboxylic acids is 1. The molecule has 92 valence electrons. The van der Waals surface area contributed by atoms with Gasteiger partial charge in [-0.3, -0.25) is 4.79 Å². The second kappa shape index (κ2) is 4.62. The van der Waals surface area contributed by atoms with Crippen molar-refractivity contribution in [2.24, 2.45) is 0 Å². The molecule has 2 aromatic rings. The smallest absolute Gasteiger partial charge is 0.354 e. The number of rotatable bonds is 3. The summed E-state index contributed by atoms with van der Waals surface area (Å²) in [6.07, 6.45) is 0. The number of aromatic nitrogens is 3. The summed E-state index contributed by atoms with van der Waals surface area (Å²) in [5, 5.41) is 14.5. The van der Waals surface area contributed by atoms with Crippen LogP contribution in [-0.4, -0.2) is 32.1 Å². The van der Waals surface area contributed by atoms with Crippen molar-refractivity contribution in [3.63, 3.8) is 0 Å². The zero-order valence-corrected chi connectivity index (χ0v) is 9.25. The number of anilines is 1. The fraction of sp³-hybridized carbons (Fsp3) is 0.100. The summed E-state index contributed by atoms with van der Waals surface area (Å²) in [6.45, 7) is 1.55. The van der Waals surface area contributed by atoms with Gasteiger partial charge < -0.3 is 14.9 Å². The van der Waals surface area contributed by atoms with Crippen LogP contribution in [0.3, 0.4) is 0 Å². The summed E-state index contributed by atoms with van der Waals surface area (Å²) in [5.74, 6) is -1.59. The minimum atomic E-state index is -1.18. The second-order valence-corrected chi connectivity index (χ2v) is 3.30.